The molecule has 2 N–H and O–H groups in total. The Morgan fingerprint density at radius 2 is 1.87 bits per heavy atom. The number of carbonyl (C=O) groups is 1. The Hall–Kier alpha value is -2.01. The summed E-state index contributed by atoms with van der Waals surface area (Å²) in [7, 11) is 1.65. The molecule has 2 rings (SSSR count). The van der Waals surface area contributed by atoms with Crippen LogP contribution < -0.4 is 15.4 Å². The van der Waals surface area contributed by atoms with E-state index in [9.17, 15) is 4.79 Å². The maximum absolute atomic E-state index is 12.0. The van der Waals surface area contributed by atoms with Gasteiger partial charge in [0.05, 0.1) is 7.11 Å². The van der Waals surface area contributed by atoms with Crippen molar-refractivity contribution in [3.05, 3.63) is 58.6 Å². The lowest BCUT2D eigenvalue weighted by Gasteiger charge is -2.26. The van der Waals surface area contributed by atoms with Gasteiger partial charge in [-0.15, -0.1) is 0 Å². The first kappa shape index (κ1) is 17.3. The first-order valence-corrected chi connectivity index (χ1v) is 8.15. The third-order valence-electron chi connectivity index (χ3n) is 3.64. The number of urea groups is 1. The molecule has 2 amide bonds. The predicted octanol–water partition coefficient (Wildman–Crippen LogP) is 4.56. The fourth-order valence-corrected chi connectivity index (χ4v) is 2.59. The minimum absolute atomic E-state index is 0.180. The van der Waals surface area contributed by atoms with Crippen LogP contribution in [0.4, 0.5) is 10.5 Å². The van der Waals surface area contributed by atoms with Crippen LogP contribution in [0.15, 0.2) is 53.0 Å². The van der Waals surface area contributed by atoms with Crippen LogP contribution >= 0.6 is 15.9 Å². The van der Waals surface area contributed by atoms with Crippen LogP contribution in [0.2, 0.25) is 0 Å². The van der Waals surface area contributed by atoms with E-state index in [2.05, 4.69) is 40.4 Å². The van der Waals surface area contributed by atoms with E-state index >= 15 is 0 Å². The highest BCUT2D eigenvalue weighted by atomic mass is 79.9. The highest BCUT2D eigenvalue weighted by molar-refractivity contribution is 9.10. The van der Waals surface area contributed by atoms with Gasteiger partial charge in [0, 0.05) is 22.1 Å². The molecule has 0 fully saturated rings. The molecular weight excluding hydrogens is 356 g/mol. The van der Waals surface area contributed by atoms with E-state index in [1.54, 1.807) is 7.11 Å². The molecule has 0 aromatic heterocycles. The molecule has 122 valence electrons. The SMILES string of the molecule is COc1ccc(C(C)(C)CNC(=O)Nc2cccc(Br)c2)cc1. The lowest BCUT2D eigenvalue weighted by molar-refractivity contribution is 0.249. The third kappa shape index (κ3) is 4.99. The second-order valence-corrected chi connectivity index (χ2v) is 6.85. The number of hydrogen-bond acceptors (Lipinski definition) is 2. The highest BCUT2D eigenvalue weighted by Gasteiger charge is 2.21. The van der Waals surface area contributed by atoms with E-state index < -0.39 is 0 Å². The highest BCUT2D eigenvalue weighted by Crippen LogP contribution is 2.24. The standard InChI is InChI=1S/C18H21BrN2O2/c1-18(2,13-7-9-16(23-3)10-8-13)12-20-17(22)21-15-6-4-5-14(19)11-15/h4-11H,12H2,1-3H3,(H2,20,21,22). The Bertz CT molecular complexity index is 669. The van der Waals surface area contributed by atoms with Crippen LogP contribution in [0.1, 0.15) is 19.4 Å². The molecule has 0 aliphatic carbocycles. The smallest absolute Gasteiger partial charge is 0.319 e. The molecule has 2 aromatic rings. The molecule has 0 radical (unpaired) electrons. The molecule has 0 heterocycles. The molecule has 0 unspecified atom stereocenters. The van der Waals surface area contributed by atoms with Crippen LogP contribution in [0, 0.1) is 0 Å². The van der Waals surface area contributed by atoms with E-state index in [4.69, 9.17) is 4.74 Å². The van der Waals surface area contributed by atoms with Crippen LogP contribution in [0.25, 0.3) is 0 Å². The summed E-state index contributed by atoms with van der Waals surface area (Å²) in [6, 6.07) is 15.2. The molecule has 0 saturated carbocycles. The molecular formula is C18H21BrN2O2. The van der Waals surface area contributed by atoms with Gasteiger partial charge in [-0.2, -0.15) is 0 Å². The number of hydrogen-bond donors (Lipinski definition) is 2. The van der Waals surface area contributed by atoms with Crippen molar-refractivity contribution in [2.45, 2.75) is 19.3 Å². The van der Waals surface area contributed by atoms with Gasteiger partial charge in [-0.25, -0.2) is 4.79 Å². The summed E-state index contributed by atoms with van der Waals surface area (Å²) >= 11 is 3.38. The van der Waals surface area contributed by atoms with Crippen LogP contribution in [-0.2, 0) is 5.41 Å². The van der Waals surface area contributed by atoms with Crippen molar-refractivity contribution in [2.75, 3.05) is 19.0 Å². The van der Waals surface area contributed by atoms with Crippen molar-refractivity contribution in [1.82, 2.24) is 5.32 Å². The summed E-state index contributed by atoms with van der Waals surface area (Å²) < 4.78 is 6.10. The van der Waals surface area contributed by atoms with Crippen molar-refractivity contribution >= 4 is 27.6 Å². The largest absolute Gasteiger partial charge is 0.497 e. The average molecular weight is 377 g/mol. The lowest BCUT2D eigenvalue weighted by Crippen LogP contribution is -2.38. The fourth-order valence-electron chi connectivity index (χ4n) is 2.19. The number of methoxy groups -OCH3 is 1. The van der Waals surface area contributed by atoms with Gasteiger partial charge in [0.25, 0.3) is 0 Å². The summed E-state index contributed by atoms with van der Waals surface area (Å²) in [6.45, 7) is 4.71. The number of halogens is 1. The third-order valence-corrected chi connectivity index (χ3v) is 4.14. The van der Waals surface area contributed by atoms with Crippen LogP contribution in [0.5, 0.6) is 5.75 Å². The van der Waals surface area contributed by atoms with Gasteiger partial charge in [-0.3, -0.25) is 0 Å². The molecule has 0 aliphatic rings. The lowest BCUT2D eigenvalue weighted by atomic mass is 9.84. The second-order valence-electron chi connectivity index (χ2n) is 5.93. The van der Waals surface area contributed by atoms with Gasteiger partial charge >= 0.3 is 6.03 Å². The molecule has 0 spiro atoms. The van der Waals surface area contributed by atoms with Crippen molar-refractivity contribution in [2.24, 2.45) is 0 Å². The topological polar surface area (TPSA) is 50.4 Å². The number of amides is 2. The monoisotopic (exact) mass is 376 g/mol. The minimum atomic E-state index is -0.218. The van der Waals surface area contributed by atoms with E-state index in [0.29, 0.717) is 6.54 Å². The van der Waals surface area contributed by atoms with Gasteiger partial charge in [-0.1, -0.05) is 48.0 Å². The second kappa shape index (κ2) is 7.51. The van der Waals surface area contributed by atoms with Crippen molar-refractivity contribution in [1.29, 1.82) is 0 Å². The quantitative estimate of drug-likeness (QED) is 0.803. The summed E-state index contributed by atoms with van der Waals surface area (Å²) in [6.07, 6.45) is 0. The Balaban J connectivity index is 1.93. The van der Waals surface area contributed by atoms with Gasteiger partial charge in [0.1, 0.15) is 5.75 Å². The zero-order chi connectivity index (χ0) is 16.9. The molecule has 0 aliphatic heterocycles. The zero-order valence-electron chi connectivity index (χ0n) is 13.5. The Kier molecular flexibility index (Phi) is 5.66. The van der Waals surface area contributed by atoms with Crippen molar-refractivity contribution in [3.63, 3.8) is 0 Å². The fraction of sp³-hybridized carbons (Fsp3) is 0.278. The summed E-state index contributed by atoms with van der Waals surface area (Å²) in [4.78, 5) is 12.0. The van der Waals surface area contributed by atoms with Gasteiger partial charge in [0.2, 0.25) is 0 Å². The zero-order valence-corrected chi connectivity index (χ0v) is 15.1. The van der Waals surface area contributed by atoms with Crippen LogP contribution in [-0.4, -0.2) is 19.7 Å². The van der Waals surface area contributed by atoms with Crippen molar-refractivity contribution in [3.8, 4) is 5.75 Å². The number of anilines is 1. The van der Waals surface area contributed by atoms with Gasteiger partial charge in [-0.05, 0) is 35.9 Å². The Morgan fingerprint density at radius 1 is 1.17 bits per heavy atom. The number of carbonyl (C=O) groups excluding carboxylic acids is 1. The molecule has 0 saturated heterocycles. The van der Waals surface area contributed by atoms with E-state index in [0.717, 1.165) is 21.5 Å². The maximum atomic E-state index is 12.0. The molecule has 0 atom stereocenters. The molecule has 23 heavy (non-hydrogen) atoms. The number of benzene rings is 2. The minimum Gasteiger partial charge on any atom is -0.497 e. The first-order valence-electron chi connectivity index (χ1n) is 7.36. The maximum Gasteiger partial charge on any atom is 0.319 e. The summed E-state index contributed by atoms with van der Waals surface area (Å²) in [5.41, 5.74) is 1.71. The normalized spacial score (nSPS) is 11.0. The Morgan fingerprint density at radius 3 is 2.48 bits per heavy atom. The summed E-state index contributed by atoms with van der Waals surface area (Å²) in [5, 5.41) is 5.75. The predicted molar refractivity (Wildman–Crippen MR) is 97.2 cm³/mol. The number of rotatable bonds is 5. The van der Waals surface area contributed by atoms with Gasteiger partial charge in [0.15, 0.2) is 0 Å². The molecule has 2 aromatic carbocycles. The molecule has 5 heteroatoms. The van der Waals surface area contributed by atoms with E-state index in [1.807, 2.05) is 48.5 Å². The summed E-state index contributed by atoms with van der Waals surface area (Å²) in [5.74, 6) is 0.824. The van der Waals surface area contributed by atoms with Gasteiger partial charge < -0.3 is 15.4 Å². The van der Waals surface area contributed by atoms with E-state index in [-0.39, 0.29) is 11.4 Å². The number of ether oxygens (including phenoxy) is 1. The first-order chi connectivity index (χ1) is 10.9. The molecule has 0 bridgehead atoms. The number of nitrogens with one attached hydrogen (secondary N) is 2. The van der Waals surface area contributed by atoms with Crippen molar-refractivity contribution < 1.29 is 9.53 Å². The Labute approximate surface area is 145 Å². The van der Waals surface area contributed by atoms with E-state index in [1.165, 1.54) is 0 Å². The molecule has 4 nitrogen and oxygen atoms in total. The average Bonchev–Trinajstić information content (AvgIpc) is 2.53. The van der Waals surface area contributed by atoms with Crippen LogP contribution in [0.3, 0.4) is 0 Å².